The Labute approximate surface area is 198 Å². The van der Waals surface area contributed by atoms with Crippen LogP contribution in [0, 0.1) is 13.8 Å². The van der Waals surface area contributed by atoms with Gasteiger partial charge in [0.2, 0.25) is 0 Å². The number of imidazole rings is 1. The van der Waals surface area contributed by atoms with E-state index in [2.05, 4.69) is 15.0 Å². The highest BCUT2D eigenvalue weighted by atomic mass is 32.2. The number of rotatable bonds is 6. The number of aryl methyl sites for hydroxylation is 1. The summed E-state index contributed by atoms with van der Waals surface area (Å²) in [6.45, 7) is 3.86. The van der Waals surface area contributed by atoms with Crippen LogP contribution >= 0.6 is 0 Å². The van der Waals surface area contributed by atoms with E-state index in [0.29, 0.717) is 5.16 Å². The molecule has 3 N–H and O–H groups in total. The predicted octanol–water partition coefficient (Wildman–Crippen LogP) is 3.99. The average Bonchev–Trinajstić information content (AvgIpc) is 3.25. The fourth-order valence-corrected chi connectivity index (χ4v) is 4.36. The molecule has 0 amide bonds. The summed E-state index contributed by atoms with van der Waals surface area (Å²) in [6, 6.07) is 11.3. The molecule has 2 aromatic carbocycles. The first-order valence-electron chi connectivity index (χ1n) is 10.2. The molecule has 9 nitrogen and oxygen atoms in total. The van der Waals surface area contributed by atoms with Gasteiger partial charge < -0.3 is 24.7 Å². The van der Waals surface area contributed by atoms with Gasteiger partial charge >= 0.3 is 5.97 Å². The van der Waals surface area contributed by atoms with Crippen molar-refractivity contribution in [2.45, 2.75) is 24.8 Å². The number of fused-ring (bicyclic) bond motifs is 1. The number of aromatic hydroxyl groups is 1. The van der Waals surface area contributed by atoms with Gasteiger partial charge in [-0.3, -0.25) is 9.19 Å². The molecule has 4 aromatic rings. The standard InChI is InChI=1S/C17H19N3O3S.C7H6O3/c1-10-8-18-15(11(2)16(10)23-4)9-24(21)17-19-13-6-5-12(22-3)7-14(13)20-17;8-6-4-2-1-3-5(6)7(9)10/h5-8H,9H2,1-4H3,(H,19,20);1-4,8H,(H,9,10)/t24-;/m0./s1. The summed E-state index contributed by atoms with van der Waals surface area (Å²) >= 11 is 0. The zero-order valence-electron chi connectivity index (χ0n) is 19.2. The molecule has 0 bridgehead atoms. The number of aromatic nitrogens is 3. The van der Waals surface area contributed by atoms with Crippen molar-refractivity contribution in [2.24, 2.45) is 0 Å². The monoisotopic (exact) mass is 483 g/mol. The van der Waals surface area contributed by atoms with Gasteiger partial charge in [0.05, 0.1) is 47.5 Å². The number of aromatic carboxylic acids is 1. The first-order valence-corrected chi connectivity index (χ1v) is 11.5. The smallest absolute Gasteiger partial charge is 0.339 e. The van der Waals surface area contributed by atoms with Crippen molar-refractivity contribution in [3.63, 3.8) is 0 Å². The molecule has 0 spiro atoms. The highest BCUT2D eigenvalue weighted by Crippen LogP contribution is 2.26. The molecule has 0 aliphatic carbocycles. The highest BCUT2D eigenvalue weighted by Gasteiger charge is 2.16. The molecule has 0 fully saturated rings. The number of para-hydroxylation sites is 1. The number of ether oxygens (including phenoxy) is 2. The number of methoxy groups -OCH3 is 2. The Kier molecular flexibility index (Phi) is 7.85. The molecule has 0 radical (unpaired) electrons. The zero-order chi connectivity index (χ0) is 24.8. The first kappa shape index (κ1) is 24.7. The van der Waals surface area contributed by atoms with Crippen molar-refractivity contribution >= 4 is 27.8 Å². The SMILES string of the molecule is COc1ccc2nc([S@@](=O)Cc3ncc(C)c(OC)c3C)[nH]c2c1.O=C(O)c1ccccc1O. The Morgan fingerprint density at radius 2 is 1.85 bits per heavy atom. The maximum absolute atomic E-state index is 12.7. The topological polar surface area (TPSA) is 135 Å². The van der Waals surface area contributed by atoms with E-state index >= 15 is 0 Å². The Bertz CT molecular complexity index is 1350. The van der Waals surface area contributed by atoms with Crippen LogP contribution in [0.25, 0.3) is 11.0 Å². The molecular formula is C24H25N3O6S. The minimum absolute atomic E-state index is 0.0671. The van der Waals surface area contributed by atoms with E-state index in [1.54, 1.807) is 32.5 Å². The summed E-state index contributed by atoms with van der Waals surface area (Å²) in [5.74, 6) is 0.475. The fourth-order valence-electron chi connectivity index (χ4n) is 3.26. The van der Waals surface area contributed by atoms with Gasteiger partial charge in [-0.15, -0.1) is 0 Å². The second kappa shape index (κ2) is 10.8. The van der Waals surface area contributed by atoms with Crippen molar-refractivity contribution in [1.82, 2.24) is 15.0 Å². The molecule has 0 saturated heterocycles. The van der Waals surface area contributed by atoms with Crippen molar-refractivity contribution in [2.75, 3.05) is 14.2 Å². The molecule has 0 unspecified atom stereocenters. The molecule has 0 saturated carbocycles. The van der Waals surface area contributed by atoms with Crippen LogP contribution < -0.4 is 9.47 Å². The highest BCUT2D eigenvalue weighted by molar-refractivity contribution is 7.84. The van der Waals surface area contributed by atoms with Crippen LogP contribution in [0.5, 0.6) is 17.2 Å². The van der Waals surface area contributed by atoms with Crippen LogP contribution in [0.3, 0.4) is 0 Å². The number of nitrogens with one attached hydrogen (secondary N) is 1. The lowest BCUT2D eigenvalue weighted by molar-refractivity contribution is 0.0693. The van der Waals surface area contributed by atoms with E-state index in [1.165, 1.54) is 12.1 Å². The second-order valence-corrected chi connectivity index (χ2v) is 8.65. The van der Waals surface area contributed by atoms with E-state index in [1.807, 2.05) is 32.0 Å². The molecule has 1 atom stereocenters. The van der Waals surface area contributed by atoms with Gasteiger partial charge in [0.15, 0.2) is 5.16 Å². The largest absolute Gasteiger partial charge is 0.507 e. The summed E-state index contributed by atoms with van der Waals surface area (Å²) in [4.78, 5) is 22.2. The lowest BCUT2D eigenvalue weighted by Crippen LogP contribution is -2.05. The summed E-state index contributed by atoms with van der Waals surface area (Å²) in [7, 11) is 1.91. The number of benzene rings is 2. The summed E-state index contributed by atoms with van der Waals surface area (Å²) < 4.78 is 23.3. The van der Waals surface area contributed by atoms with Gasteiger partial charge in [0, 0.05) is 23.4 Å². The van der Waals surface area contributed by atoms with Crippen molar-refractivity contribution in [1.29, 1.82) is 0 Å². The number of aromatic amines is 1. The van der Waals surface area contributed by atoms with Gasteiger partial charge in [0.25, 0.3) is 0 Å². The third-order valence-corrected chi connectivity index (χ3v) is 6.20. The Hall–Kier alpha value is -3.92. The molecule has 4 rings (SSSR count). The summed E-state index contributed by atoms with van der Waals surface area (Å²) in [5, 5.41) is 17.7. The zero-order valence-corrected chi connectivity index (χ0v) is 20.0. The molecule has 10 heteroatoms. The molecule has 0 aliphatic rings. The third kappa shape index (κ3) is 5.52. The number of nitrogens with zero attached hydrogens (tertiary/aromatic N) is 2. The Morgan fingerprint density at radius 3 is 2.47 bits per heavy atom. The molecule has 178 valence electrons. The Balaban J connectivity index is 0.000000271. The second-order valence-electron chi connectivity index (χ2n) is 7.28. The third-order valence-electron chi connectivity index (χ3n) is 5.04. The first-order chi connectivity index (χ1) is 16.2. The van der Waals surface area contributed by atoms with Crippen LogP contribution in [-0.2, 0) is 16.6 Å². The van der Waals surface area contributed by atoms with Crippen LogP contribution in [0.15, 0.2) is 53.8 Å². The van der Waals surface area contributed by atoms with E-state index < -0.39 is 16.8 Å². The lowest BCUT2D eigenvalue weighted by atomic mass is 10.1. The van der Waals surface area contributed by atoms with E-state index in [9.17, 15) is 9.00 Å². The molecule has 0 aliphatic heterocycles. The number of hydrogen-bond donors (Lipinski definition) is 3. The van der Waals surface area contributed by atoms with Crippen molar-refractivity contribution < 1.29 is 28.7 Å². The molecular weight excluding hydrogens is 458 g/mol. The Morgan fingerprint density at radius 1 is 1.12 bits per heavy atom. The van der Waals surface area contributed by atoms with E-state index in [0.717, 1.165) is 39.4 Å². The summed E-state index contributed by atoms with van der Waals surface area (Å²) in [5.41, 5.74) is 4.09. The minimum atomic E-state index is -1.33. The van der Waals surface area contributed by atoms with Gasteiger partial charge in [0.1, 0.15) is 22.8 Å². The summed E-state index contributed by atoms with van der Waals surface area (Å²) in [6.07, 6.45) is 1.74. The maximum atomic E-state index is 12.7. The quantitative estimate of drug-likeness (QED) is 0.375. The molecule has 2 heterocycles. The van der Waals surface area contributed by atoms with Gasteiger partial charge in [-0.2, -0.15) is 0 Å². The predicted molar refractivity (Wildman–Crippen MR) is 128 cm³/mol. The van der Waals surface area contributed by atoms with Crippen LogP contribution in [-0.4, -0.2) is 49.6 Å². The number of carboxylic acid groups (broad SMARTS) is 1. The van der Waals surface area contributed by atoms with Crippen LogP contribution in [0.4, 0.5) is 0 Å². The molecule has 2 aromatic heterocycles. The van der Waals surface area contributed by atoms with Crippen molar-refractivity contribution in [3.8, 4) is 17.2 Å². The maximum Gasteiger partial charge on any atom is 0.339 e. The van der Waals surface area contributed by atoms with Crippen LogP contribution in [0.2, 0.25) is 0 Å². The van der Waals surface area contributed by atoms with Crippen LogP contribution in [0.1, 0.15) is 27.2 Å². The van der Waals surface area contributed by atoms with Gasteiger partial charge in [-0.25, -0.2) is 9.78 Å². The number of pyridine rings is 1. The normalized spacial score (nSPS) is 11.4. The number of carbonyl (C=O) groups is 1. The number of hydrogen-bond acceptors (Lipinski definition) is 7. The van der Waals surface area contributed by atoms with E-state index in [4.69, 9.17) is 19.7 Å². The lowest BCUT2D eigenvalue weighted by Gasteiger charge is -2.11. The fraction of sp³-hybridized carbons (Fsp3) is 0.208. The van der Waals surface area contributed by atoms with E-state index in [-0.39, 0.29) is 17.1 Å². The minimum Gasteiger partial charge on any atom is -0.507 e. The average molecular weight is 484 g/mol. The number of phenols is 1. The van der Waals surface area contributed by atoms with Gasteiger partial charge in [-0.05, 0) is 38.1 Å². The number of H-pyrrole nitrogens is 1. The van der Waals surface area contributed by atoms with Gasteiger partial charge in [-0.1, -0.05) is 12.1 Å². The van der Waals surface area contributed by atoms with Crippen molar-refractivity contribution in [3.05, 3.63) is 71.0 Å². The molecule has 34 heavy (non-hydrogen) atoms. The number of carboxylic acids is 1.